The molecule has 0 aliphatic heterocycles. The number of rotatable bonds is 15. The summed E-state index contributed by atoms with van der Waals surface area (Å²) in [6.07, 6.45) is 2.31. The van der Waals surface area contributed by atoms with Crippen LogP contribution in [0, 0.1) is 0 Å². The molecule has 0 aromatic carbocycles. The number of aryl methyl sites for hydroxylation is 3. The molecule has 2 heterocycles. The smallest absolute Gasteiger partial charge is 0.460 e. The summed E-state index contributed by atoms with van der Waals surface area (Å²) in [7, 11) is 0. The predicted octanol–water partition coefficient (Wildman–Crippen LogP) is 3.08. The summed E-state index contributed by atoms with van der Waals surface area (Å²) in [4.78, 5) is 34.1. The number of carbonyl (C=O) groups is 3. The van der Waals surface area contributed by atoms with E-state index in [-0.39, 0.29) is 43.6 Å². The lowest BCUT2D eigenvalue weighted by Crippen LogP contribution is -2.39. The van der Waals surface area contributed by atoms with Gasteiger partial charge in [-0.05, 0) is 46.5 Å². The first kappa shape index (κ1) is 33.2. The molecule has 41 heavy (non-hydrogen) atoms. The number of esters is 1. The number of imidazole rings is 1. The molecule has 16 heteroatoms. The summed E-state index contributed by atoms with van der Waals surface area (Å²) in [5.74, 6) is -1.71. The molecule has 0 saturated heterocycles. The standard InChI is InChI=1S/C25H38F3N9O4/c1-18(38)30-10-7-12-35-15-16-36(13-8-11-31-22(40)25(26,27)28)23(35)34-33-19-17-32-37(21(19)29)14-6-5-9-20(39)41-24(2,3)4/h15-17,29H,5-14H2,1-4H3,(H2,30,31,38,40)/p+1. The number of ether oxygens (including phenoxy) is 1. The molecule has 228 valence electrons. The molecule has 0 radical (unpaired) electrons. The molecule has 2 amide bonds. The van der Waals surface area contributed by atoms with E-state index in [0.29, 0.717) is 50.5 Å². The van der Waals surface area contributed by atoms with E-state index in [4.69, 9.17) is 10.5 Å². The molecule has 0 aliphatic carbocycles. The number of alkyl halides is 3. The van der Waals surface area contributed by atoms with E-state index in [0.717, 1.165) is 0 Å². The minimum atomic E-state index is -4.94. The highest BCUT2D eigenvalue weighted by atomic mass is 19.4. The van der Waals surface area contributed by atoms with Crippen molar-refractivity contribution >= 4 is 35.2 Å². The Labute approximate surface area is 236 Å². The Morgan fingerprint density at radius 1 is 1.05 bits per heavy atom. The normalized spacial score (nSPS) is 12.1. The number of hydrogen-bond acceptors (Lipinski definition) is 8. The van der Waals surface area contributed by atoms with Crippen LogP contribution in [-0.4, -0.2) is 57.0 Å². The fraction of sp³-hybridized carbons (Fsp3) is 0.640. The Bertz CT molecular complexity index is 1200. The summed E-state index contributed by atoms with van der Waals surface area (Å²) < 4.78 is 47.6. The van der Waals surface area contributed by atoms with Gasteiger partial charge in [-0.25, -0.2) is 13.8 Å². The SMILES string of the molecule is CC(=O)NCCCn1cc[n+](CCCNC(=O)C(F)(F)F)c1N=Nc1cnn(CCCCC(=O)OC(C)(C)C)c1N. The van der Waals surface area contributed by atoms with Gasteiger partial charge in [-0.1, -0.05) is 5.11 Å². The van der Waals surface area contributed by atoms with Gasteiger partial charge in [-0.3, -0.25) is 14.4 Å². The molecule has 0 aliphatic rings. The molecule has 0 bridgehead atoms. The first-order valence-corrected chi connectivity index (χ1v) is 13.3. The Balaban J connectivity index is 2.04. The number of nitrogens with one attached hydrogen (secondary N) is 2. The fourth-order valence-corrected chi connectivity index (χ4v) is 3.65. The van der Waals surface area contributed by atoms with Gasteiger partial charge in [0.15, 0.2) is 11.5 Å². The van der Waals surface area contributed by atoms with Crippen LogP contribution < -0.4 is 20.9 Å². The van der Waals surface area contributed by atoms with E-state index in [1.165, 1.54) is 13.1 Å². The summed E-state index contributed by atoms with van der Waals surface area (Å²) in [6.45, 7) is 8.34. The van der Waals surface area contributed by atoms with E-state index < -0.39 is 17.7 Å². The number of anilines is 1. The Morgan fingerprint density at radius 2 is 1.76 bits per heavy atom. The third kappa shape index (κ3) is 12.0. The van der Waals surface area contributed by atoms with E-state index in [1.54, 1.807) is 26.2 Å². The Hall–Kier alpha value is -3.98. The van der Waals surface area contributed by atoms with Crippen molar-refractivity contribution in [1.82, 2.24) is 25.0 Å². The van der Waals surface area contributed by atoms with Crippen molar-refractivity contribution in [2.75, 3.05) is 18.8 Å². The number of aromatic nitrogens is 4. The van der Waals surface area contributed by atoms with Crippen LogP contribution in [0.2, 0.25) is 0 Å². The highest BCUT2D eigenvalue weighted by Gasteiger charge is 2.38. The minimum Gasteiger partial charge on any atom is -0.460 e. The fourth-order valence-electron chi connectivity index (χ4n) is 3.65. The van der Waals surface area contributed by atoms with Crippen LogP contribution >= 0.6 is 0 Å². The lowest BCUT2D eigenvalue weighted by molar-refractivity contribution is -0.683. The van der Waals surface area contributed by atoms with Crippen molar-refractivity contribution in [3.63, 3.8) is 0 Å². The number of nitrogen functional groups attached to an aromatic ring is 1. The van der Waals surface area contributed by atoms with Crippen molar-refractivity contribution in [2.24, 2.45) is 10.2 Å². The van der Waals surface area contributed by atoms with E-state index in [1.807, 2.05) is 26.1 Å². The number of amides is 2. The molecule has 0 saturated carbocycles. The quantitative estimate of drug-likeness (QED) is 0.126. The molecule has 0 spiro atoms. The molecule has 2 aromatic heterocycles. The number of unbranched alkanes of at least 4 members (excludes halogenated alkanes) is 1. The number of nitrogens with two attached hydrogens (primary N) is 1. The average molecular weight is 587 g/mol. The van der Waals surface area contributed by atoms with Crippen molar-refractivity contribution in [1.29, 1.82) is 0 Å². The van der Waals surface area contributed by atoms with Gasteiger partial charge in [0.1, 0.15) is 5.60 Å². The molecular formula is C25H39F3N9O4+. The number of azo groups is 1. The summed E-state index contributed by atoms with van der Waals surface area (Å²) in [5, 5.41) is 17.4. The molecule has 2 rings (SSSR count). The number of hydrogen-bond donors (Lipinski definition) is 3. The zero-order chi connectivity index (χ0) is 30.6. The van der Waals surface area contributed by atoms with Crippen LogP contribution in [0.25, 0.3) is 0 Å². The van der Waals surface area contributed by atoms with E-state index in [2.05, 4.69) is 20.6 Å². The van der Waals surface area contributed by atoms with Crippen LogP contribution in [0.3, 0.4) is 0 Å². The maximum atomic E-state index is 12.4. The second-order valence-corrected chi connectivity index (χ2v) is 10.3. The molecule has 2 aromatic rings. The maximum absolute atomic E-state index is 12.4. The van der Waals surface area contributed by atoms with Crippen LogP contribution in [0.1, 0.15) is 59.8 Å². The second kappa shape index (κ2) is 15.1. The molecule has 0 fully saturated rings. The third-order valence-corrected chi connectivity index (χ3v) is 5.54. The summed E-state index contributed by atoms with van der Waals surface area (Å²) in [6, 6.07) is 0. The lowest BCUT2D eigenvalue weighted by atomic mass is 10.2. The predicted molar refractivity (Wildman–Crippen MR) is 142 cm³/mol. The summed E-state index contributed by atoms with van der Waals surface area (Å²) >= 11 is 0. The zero-order valence-electron chi connectivity index (χ0n) is 23.8. The van der Waals surface area contributed by atoms with Crippen molar-refractivity contribution in [2.45, 2.75) is 91.2 Å². The van der Waals surface area contributed by atoms with Gasteiger partial charge in [0.05, 0.1) is 31.7 Å². The van der Waals surface area contributed by atoms with Gasteiger partial charge in [-0.15, -0.1) is 0 Å². The van der Waals surface area contributed by atoms with Gasteiger partial charge >= 0.3 is 24.0 Å². The molecule has 0 unspecified atom stereocenters. The summed E-state index contributed by atoms with van der Waals surface area (Å²) in [5.41, 5.74) is 6.00. The third-order valence-electron chi connectivity index (χ3n) is 5.54. The number of carbonyl (C=O) groups excluding carboxylic acids is 3. The first-order chi connectivity index (χ1) is 19.2. The van der Waals surface area contributed by atoms with Gasteiger partial charge in [0.2, 0.25) is 5.91 Å². The van der Waals surface area contributed by atoms with Gasteiger partial charge < -0.3 is 21.1 Å². The number of halogens is 3. The van der Waals surface area contributed by atoms with Crippen LogP contribution in [-0.2, 0) is 38.8 Å². The van der Waals surface area contributed by atoms with Crippen LogP contribution in [0.4, 0.5) is 30.6 Å². The Morgan fingerprint density at radius 3 is 2.41 bits per heavy atom. The van der Waals surface area contributed by atoms with Crippen LogP contribution in [0.5, 0.6) is 0 Å². The van der Waals surface area contributed by atoms with E-state index in [9.17, 15) is 27.6 Å². The van der Waals surface area contributed by atoms with Crippen molar-refractivity contribution in [3.8, 4) is 0 Å². The second-order valence-electron chi connectivity index (χ2n) is 10.3. The maximum Gasteiger partial charge on any atom is 0.471 e. The highest BCUT2D eigenvalue weighted by molar-refractivity contribution is 5.81. The topological polar surface area (TPSA) is 162 Å². The minimum absolute atomic E-state index is 0.147. The molecular weight excluding hydrogens is 547 g/mol. The molecule has 0 atom stereocenters. The highest BCUT2D eigenvalue weighted by Crippen LogP contribution is 2.24. The van der Waals surface area contributed by atoms with Crippen molar-refractivity contribution in [3.05, 3.63) is 18.6 Å². The Kier molecular flexibility index (Phi) is 12.3. The molecule has 4 N–H and O–H groups in total. The zero-order valence-corrected chi connectivity index (χ0v) is 23.8. The van der Waals surface area contributed by atoms with E-state index >= 15 is 0 Å². The van der Waals surface area contributed by atoms with Gasteiger partial charge in [0.25, 0.3) is 0 Å². The van der Waals surface area contributed by atoms with Gasteiger partial charge in [-0.2, -0.15) is 18.3 Å². The van der Waals surface area contributed by atoms with Crippen molar-refractivity contribution < 1.29 is 36.9 Å². The monoisotopic (exact) mass is 586 g/mol. The lowest BCUT2D eigenvalue weighted by Gasteiger charge is -2.19. The largest absolute Gasteiger partial charge is 0.471 e. The number of nitrogens with zero attached hydrogens (tertiary/aromatic N) is 6. The average Bonchev–Trinajstić information content (AvgIpc) is 3.41. The van der Waals surface area contributed by atoms with Crippen LogP contribution in [0.15, 0.2) is 28.8 Å². The molecule has 13 nitrogen and oxygen atoms in total. The first-order valence-electron chi connectivity index (χ1n) is 13.3. The van der Waals surface area contributed by atoms with Gasteiger partial charge in [0, 0.05) is 38.1 Å².